The van der Waals surface area contributed by atoms with Crippen LogP contribution in [0.15, 0.2) is 64.0 Å². The molecule has 3 heterocycles. The van der Waals surface area contributed by atoms with Crippen molar-refractivity contribution in [2.24, 2.45) is 0 Å². The van der Waals surface area contributed by atoms with Gasteiger partial charge in [0.05, 0.1) is 19.3 Å². The molecule has 0 saturated carbocycles. The Hall–Kier alpha value is -2.61. The fourth-order valence-corrected chi connectivity index (χ4v) is 5.11. The summed E-state index contributed by atoms with van der Waals surface area (Å²) in [5, 5.41) is 11.5. The molecule has 2 aromatic heterocycles. The van der Waals surface area contributed by atoms with Gasteiger partial charge >= 0.3 is 0 Å². The number of carbonyl (C=O) groups excluding carboxylic acids is 1. The molecule has 1 aliphatic rings. The van der Waals surface area contributed by atoms with E-state index in [1.807, 2.05) is 18.2 Å². The average Bonchev–Trinajstić information content (AvgIpc) is 3.52. The third kappa shape index (κ3) is 5.55. The summed E-state index contributed by atoms with van der Waals surface area (Å²) in [5.74, 6) is 0.963. The number of para-hydroxylation sites is 2. The van der Waals surface area contributed by atoms with Crippen LogP contribution in [0.3, 0.4) is 0 Å². The summed E-state index contributed by atoms with van der Waals surface area (Å²) in [6.07, 6.45) is 2.11. The number of nitrogens with one attached hydrogen (secondary N) is 1. The molecule has 0 radical (unpaired) electrons. The van der Waals surface area contributed by atoms with Crippen molar-refractivity contribution in [3.63, 3.8) is 0 Å². The van der Waals surface area contributed by atoms with Crippen molar-refractivity contribution in [1.82, 2.24) is 10.2 Å². The van der Waals surface area contributed by atoms with Gasteiger partial charge < -0.3 is 15.0 Å². The molecule has 7 heteroatoms. The highest BCUT2D eigenvalue weighted by atomic mass is 32.1. The zero-order valence-corrected chi connectivity index (χ0v) is 19.3. The SMILES string of the molecule is COc1ccccc1N1CCN(CC(=O)NCC=C(c2ccsc2)c2ccsc2)CC1. The van der Waals surface area contributed by atoms with Crippen LogP contribution in [0.1, 0.15) is 11.1 Å². The van der Waals surface area contributed by atoms with Gasteiger partial charge in [0, 0.05) is 32.7 Å². The molecule has 1 amide bonds. The normalized spacial score (nSPS) is 14.3. The second-order valence-corrected chi connectivity index (χ2v) is 8.94. The van der Waals surface area contributed by atoms with Gasteiger partial charge in [0.25, 0.3) is 0 Å². The molecule has 0 aliphatic carbocycles. The Balaban J connectivity index is 1.27. The molecule has 0 atom stereocenters. The minimum absolute atomic E-state index is 0.0666. The fourth-order valence-electron chi connectivity index (χ4n) is 3.80. The van der Waals surface area contributed by atoms with Crippen molar-refractivity contribution in [1.29, 1.82) is 0 Å². The van der Waals surface area contributed by atoms with E-state index < -0.39 is 0 Å². The Morgan fingerprint density at radius 2 is 1.71 bits per heavy atom. The maximum atomic E-state index is 12.5. The molecular formula is C24H27N3O2S2. The summed E-state index contributed by atoms with van der Waals surface area (Å²) < 4.78 is 5.48. The van der Waals surface area contributed by atoms with Gasteiger partial charge in [-0.25, -0.2) is 0 Å². The predicted molar refractivity (Wildman–Crippen MR) is 130 cm³/mol. The fraction of sp³-hybridized carbons (Fsp3) is 0.292. The number of piperazine rings is 1. The molecule has 1 fully saturated rings. The highest BCUT2D eigenvalue weighted by molar-refractivity contribution is 7.08. The zero-order chi connectivity index (χ0) is 21.5. The topological polar surface area (TPSA) is 44.8 Å². The Labute approximate surface area is 191 Å². The standard InChI is InChI=1S/C24H27N3O2S2/c1-29-23-5-3-2-4-22(23)27-12-10-26(11-13-27)16-24(28)25-9-6-21(19-7-14-30-17-19)20-8-15-31-18-20/h2-8,14-15,17-18H,9-13,16H2,1H3,(H,25,28). The minimum atomic E-state index is 0.0666. The lowest BCUT2D eigenvalue weighted by Crippen LogP contribution is -2.49. The van der Waals surface area contributed by atoms with Crippen LogP contribution in [-0.2, 0) is 4.79 Å². The van der Waals surface area contributed by atoms with Gasteiger partial charge in [-0.05, 0) is 62.5 Å². The van der Waals surface area contributed by atoms with E-state index in [-0.39, 0.29) is 5.91 Å². The number of carbonyl (C=O) groups is 1. The van der Waals surface area contributed by atoms with Gasteiger partial charge in [-0.15, -0.1) is 0 Å². The Bertz CT molecular complexity index is 956. The molecular weight excluding hydrogens is 426 g/mol. The molecule has 1 N–H and O–H groups in total. The largest absolute Gasteiger partial charge is 0.495 e. The third-order valence-electron chi connectivity index (χ3n) is 5.44. The van der Waals surface area contributed by atoms with Crippen molar-refractivity contribution in [2.45, 2.75) is 0 Å². The summed E-state index contributed by atoms with van der Waals surface area (Å²) in [6.45, 7) is 4.44. The maximum absolute atomic E-state index is 12.5. The summed E-state index contributed by atoms with van der Waals surface area (Å²) in [5.41, 5.74) is 4.69. The lowest BCUT2D eigenvalue weighted by atomic mass is 10.0. The van der Waals surface area contributed by atoms with Crippen LogP contribution >= 0.6 is 22.7 Å². The van der Waals surface area contributed by atoms with Crippen molar-refractivity contribution < 1.29 is 9.53 Å². The van der Waals surface area contributed by atoms with E-state index in [9.17, 15) is 4.79 Å². The molecule has 1 aromatic carbocycles. The number of amides is 1. The number of rotatable bonds is 8. The first-order valence-corrected chi connectivity index (χ1v) is 12.3. The van der Waals surface area contributed by atoms with E-state index in [1.165, 1.54) is 16.7 Å². The number of ether oxygens (including phenoxy) is 1. The molecule has 1 aliphatic heterocycles. The van der Waals surface area contributed by atoms with E-state index in [0.717, 1.165) is 37.6 Å². The monoisotopic (exact) mass is 453 g/mol. The lowest BCUT2D eigenvalue weighted by Gasteiger charge is -2.36. The van der Waals surface area contributed by atoms with E-state index in [0.29, 0.717) is 13.1 Å². The number of benzene rings is 1. The van der Waals surface area contributed by atoms with Gasteiger partial charge in [0.15, 0.2) is 0 Å². The first-order chi connectivity index (χ1) is 15.2. The van der Waals surface area contributed by atoms with Gasteiger partial charge in [-0.2, -0.15) is 22.7 Å². The second kappa shape index (κ2) is 10.6. The van der Waals surface area contributed by atoms with Crippen molar-refractivity contribution in [2.75, 3.05) is 51.3 Å². The minimum Gasteiger partial charge on any atom is -0.495 e. The molecule has 4 rings (SSSR count). The lowest BCUT2D eigenvalue weighted by molar-refractivity contribution is -0.122. The molecule has 31 heavy (non-hydrogen) atoms. The quantitative estimate of drug-likeness (QED) is 0.556. The zero-order valence-electron chi connectivity index (χ0n) is 17.6. The van der Waals surface area contributed by atoms with E-state index in [4.69, 9.17) is 4.74 Å². The van der Waals surface area contributed by atoms with E-state index in [2.05, 4.69) is 60.9 Å². The van der Waals surface area contributed by atoms with Crippen LogP contribution in [0, 0.1) is 0 Å². The van der Waals surface area contributed by atoms with Crippen LogP contribution in [0.5, 0.6) is 5.75 Å². The molecule has 0 bridgehead atoms. The Morgan fingerprint density at radius 1 is 1.03 bits per heavy atom. The number of hydrogen-bond donors (Lipinski definition) is 1. The van der Waals surface area contributed by atoms with Gasteiger partial charge in [-0.3, -0.25) is 9.69 Å². The van der Waals surface area contributed by atoms with E-state index >= 15 is 0 Å². The number of anilines is 1. The summed E-state index contributed by atoms with van der Waals surface area (Å²) in [6, 6.07) is 12.3. The van der Waals surface area contributed by atoms with Crippen LogP contribution in [-0.4, -0.2) is 57.2 Å². The van der Waals surface area contributed by atoms with Crippen LogP contribution in [0.4, 0.5) is 5.69 Å². The average molecular weight is 454 g/mol. The first kappa shape index (κ1) is 21.6. The molecule has 5 nitrogen and oxygen atoms in total. The predicted octanol–water partition coefficient (Wildman–Crippen LogP) is 4.19. The highest BCUT2D eigenvalue weighted by Crippen LogP contribution is 2.28. The third-order valence-corrected chi connectivity index (χ3v) is 6.80. The summed E-state index contributed by atoms with van der Waals surface area (Å²) in [7, 11) is 1.70. The number of nitrogens with zero attached hydrogens (tertiary/aromatic N) is 2. The van der Waals surface area contributed by atoms with Crippen molar-refractivity contribution in [3.8, 4) is 5.75 Å². The number of hydrogen-bond acceptors (Lipinski definition) is 6. The smallest absolute Gasteiger partial charge is 0.234 e. The van der Waals surface area contributed by atoms with Gasteiger partial charge in [0.2, 0.25) is 5.91 Å². The Kier molecular flexibility index (Phi) is 7.40. The maximum Gasteiger partial charge on any atom is 0.234 e. The number of methoxy groups -OCH3 is 1. The van der Waals surface area contributed by atoms with Crippen LogP contribution < -0.4 is 15.0 Å². The molecule has 1 saturated heterocycles. The second-order valence-electron chi connectivity index (χ2n) is 7.38. The highest BCUT2D eigenvalue weighted by Gasteiger charge is 2.20. The summed E-state index contributed by atoms with van der Waals surface area (Å²) in [4.78, 5) is 17.0. The molecule has 0 unspecified atom stereocenters. The first-order valence-electron chi connectivity index (χ1n) is 10.4. The van der Waals surface area contributed by atoms with E-state index in [1.54, 1.807) is 29.8 Å². The van der Waals surface area contributed by atoms with Gasteiger partial charge in [-0.1, -0.05) is 18.2 Å². The summed E-state index contributed by atoms with van der Waals surface area (Å²) >= 11 is 3.37. The van der Waals surface area contributed by atoms with Crippen LogP contribution in [0.2, 0.25) is 0 Å². The van der Waals surface area contributed by atoms with Crippen molar-refractivity contribution >= 4 is 39.8 Å². The molecule has 3 aromatic rings. The molecule has 162 valence electrons. The van der Waals surface area contributed by atoms with Crippen molar-refractivity contribution in [3.05, 3.63) is 75.1 Å². The van der Waals surface area contributed by atoms with Gasteiger partial charge in [0.1, 0.15) is 5.75 Å². The molecule has 0 spiro atoms. The number of thiophene rings is 2. The Morgan fingerprint density at radius 3 is 2.32 bits per heavy atom. The van der Waals surface area contributed by atoms with Crippen LogP contribution in [0.25, 0.3) is 5.57 Å².